The number of aliphatic imine (C=N–C) groups is 2. The second-order valence-corrected chi connectivity index (χ2v) is 13.3. The van der Waals surface area contributed by atoms with E-state index in [1.807, 2.05) is 0 Å². The Labute approximate surface area is 248 Å². The number of hydrogen-bond acceptors (Lipinski definition) is 2. The van der Waals surface area contributed by atoms with E-state index in [-0.39, 0.29) is 12.1 Å². The van der Waals surface area contributed by atoms with Crippen LogP contribution in [0.25, 0.3) is 0 Å². The molecule has 4 aromatic rings. The van der Waals surface area contributed by atoms with Gasteiger partial charge in [-0.3, -0.25) is 9.98 Å². The first kappa shape index (κ1) is 29.7. The Morgan fingerprint density at radius 3 is 1.62 bits per heavy atom. The third-order valence-electron chi connectivity index (χ3n) is 6.90. The first-order chi connectivity index (χ1) is 19.2. The van der Waals surface area contributed by atoms with Gasteiger partial charge < -0.3 is 0 Å². The SMILES string of the molecule is Cc1ccccc1C=NC1CCCCC1N=Cc1ccccc1P(c1ccccc1)c1ccccc1.[Cl][Co][Cl]. The summed E-state index contributed by atoms with van der Waals surface area (Å²) in [4.78, 5) is 10.2. The van der Waals surface area contributed by atoms with Crippen LogP contribution in [0.1, 0.15) is 42.4 Å². The van der Waals surface area contributed by atoms with Gasteiger partial charge in [0.05, 0.1) is 12.1 Å². The molecule has 0 radical (unpaired) electrons. The number of hydrogen-bond donors (Lipinski definition) is 0. The minimum absolute atomic E-state index is 0.228. The number of nitrogens with zero attached hydrogens (tertiary/aromatic N) is 2. The molecule has 0 saturated heterocycles. The quantitative estimate of drug-likeness (QED) is 0.148. The second kappa shape index (κ2) is 16.1. The second-order valence-electron chi connectivity index (χ2n) is 9.45. The van der Waals surface area contributed by atoms with Crippen molar-refractivity contribution < 1.29 is 12.9 Å². The van der Waals surface area contributed by atoms with E-state index in [9.17, 15) is 0 Å². The molecular weight excluding hydrogens is 585 g/mol. The van der Waals surface area contributed by atoms with Crippen LogP contribution in [-0.4, -0.2) is 24.5 Å². The summed E-state index contributed by atoms with van der Waals surface area (Å²) in [7, 11) is 8.80. The molecule has 5 rings (SSSR count). The summed E-state index contributed by atoms with van der Waals surface area (Å²) in [6.07, 6.45) is 8.84. The standard InChI is InChI=1S/C33H33N2P.2ClH.Co/c1-26-14-8-9-15-27(26)24-34-31-21-11-12-22-32(31)35-25-28-16-10-13-23-33(28)36(29-17-4-2-5-18-29)30-19-6-3-7-20-30;;;/h2-10,13-20,23-25,31-32H,11-12,21-22H2,1H3;2*1H;/q;;;+2/p-2. The molecule has 1 aliphatic rings. The Bertz CT molecular complexity index is 1310. The van der Waals surface area contributed by atoms with Crippen LogP contribution in [0.15, 0.2) is 119 Å². The van der Waals surface area contributed by atoms with Crippen molar-refractivity contribution in [2.24, 2.45) is 9.98 Å². The fraction of sp³-hybridized carbons (Fsp3) is 0.212. The van der Waals surface area contributed by atoms with Crippen molar-refractivity contribution in [3.63, 3.8) is 0 Å². The molecule has 2 unspecified atom stereocenters. The van der Waals surface area contributed by atoms with E-state index in [1.165, 1.54) is 45.4 Å². The molecule has 0 spiro atoms. The van der Waals surface area contributed by atoms with E-state index in [2.05, 4.69) is 129 Å². The van der Waals surface area contributed by atoms with Gasteiger partial charge in [0.15, 0.2) is 0 Å². The molecule has 1 fully saturated rings. The fourth-order valence-electron chi connectivity index (χ4n) is 4.90. The summed E-state index contributed by atoms with van der Waals surface area (Å²) < 4.78 is 0. The third-order valence-corrected chi connectivity index (χ3v) is 9.42. The van der Waals surface area contributed by atoms with Crippen molar-refractivity contribution in [3.8, 4) is 0 Å². The van der Waals surface area contributed by atoms with E-state index in [1.54, 1.807) is 0 Å². The minimum atomic E-state index is -0.668. The monoisotopic (exact) mass is 617 g/mol. The summed E-state index contributed by atoms with van der Waals surface area (Å²) in [5, 5.41) is 4.07. The maximum absolute atomic E-state index is 5.17. The average molecular weight is 618 g/mol. The number of halogens is 2. The summed E-state index contributed by atoms with van der Waals surface area (Å²) in [6.45, 7) is 2.15. The zero-order valence-electron chi connectivity index (χ0n) is 22.0. The Morgan fingerprint density at radius 1 is 0.641 bits per heavy atom. The number of rotatable bonds is 7. The molecule has 0 aromatic heterocycles. The summed E-state index contributed by atoms with van der Waals surface area (Å²) >= 11 is 0.382. The van der Waals surface area contributed by atoms with Gasteiger partial charge in [-0.2, -0.15) is 0 Å². The maximum atomic E-state index is 5.17. The zero-order valence-corrected chi connectivity index (χ0v) is 25.4. The first-order valence-corrected chi connectivity index (χ1v) is 17.4. The van der Waals surface area contributed by atoms with E-state index in [0.29, 0.717) is 12.9 Å². The predicted molar refractivity (Wildman–Crippen MR) is 169 cm³/mol. The van der Waals surface area contributed by atoms with Crippen LogP contribution in [0.2, 0.25) is 0 Å². The predicted octanol–water partition coefficient (Wildman–Crippen LogP) is 7.98. The van der Waals surface area contributed by atoms with Crippen LogP contribution in [0.3, 0.4) is 0 Å². The molecule has 1 aliphatic carbocycles. The zero-order chi connectivity index (χ0) is 27.3. The van der Waals surface area contributed by atoms with E-state index >= 15 is 0 Å². The van der Waals surface area contributed by atoms with Crippen LogP contribution in [0, 0.1) is 6.92 Å². The Kier molecular flexibility index (Phi) is 12.3. The molecular formula is C33H33Cl2CoN2P. The molecule has 0 heterocycles. The number of benzene rings is 4. The van der Waals surface area contributed by atoms with Gasteiger partial charge >= 0.3 is 33.2 Å². The van der Waals surface area contributed by atoms with Crippen LogP contribution in [0.5, 0.6) is 0 Å². The van der Waals surface area contributed by atoms with Gasteiger partial charge in [0, 0.05) is 18.0 Å². The molecule has 2 nitrogen and oxygen atoms in total. The van der Waals surface area contributed by atoms with Crippen molar-refractivity contribution >= 4 is 56.6 Å². The molecule has 0 aliphatic heterocycles. The van der Waals surface area contributed by atoms with Crippen LogP contribution in [0.4, 0.5) is 0 Å². The Morgan fingerprint density at radius 2 is 1.08 bits per heavy atom. The first-order valence-electron chi connectivity index (χ1n) is 13.2. The molecule has 1 saturated carbocycles. The van der Waals surface area contributed by atoms with Gasteiger partial charge in [-0.25, -0.2) is 0 Å². The molecule has 6 heteroatoms. The van der Waals surface area contributed by atoms with Crippen molar-refractivity contribution in [1.82, 2.24) is 0 Å². The molecule has 4 aromatic carbocycles. The summed E-state index contributed by atoms with van der Waals surface area (Å²) in [5.74, 6) is 0. The molecule has 0 amide bonds. The van der Waals surface area contributed by atoms with E-state index < -0.39 is 7.92 Å². The molecule has 39 heavy (non-hydrogen) atoms. The van der Waals surface area contributed by atoms with Crippen molar-refractivity contribution in [3.05, 3.63) is 126 Å². The molecule has 0 bridgehead atoms. The fourth-order valence-corrected chi connectivity index (χ4v) is 7.33. The van der Waals surface area contributed by atoms with Crippen molar-refractivity contribution in [1.29, 1.82) is 0 Å². The summed E-state index contributed by atoms with van der Waals surface area (Å²) in [5.41, 5.74) is 3.68. The Balaban J connectivity index is 0.00000112. The van der Waals surface area contributed by atoms with Crippen molar-refractivity contribution in [2.45, 2.75) is 44.7 Å². The van der Waals surface area contributed by atoms with Gasteiger partial charge in [-0.05, 0) is 54.7 Å². The van der Waals surface area contributed by atoms with E-state index in [0.717, 1.165) is 12.8 Å². The average Bonchev–Trinajstić information content (AvgIpc) is 2.98. The van der Waals surface area contributed by atoms with Crippen LogP contribution >= 0.6 is 28.2 Å². The molecule has 2 atom stereocenters. The Hall–Kier alpha value is -2.26. The van der Waals surface area contributed by atoms with Gasteiger partial charge in [-0.1, -0.05) is 122 Å². The number of aryl methyl sites for hydroxylation is 1. The van der Waals surface area contributed by atoms with Gasteiger partial charge in [-0.15, -0.1) is 0 Å². The molecule has 203 valence electrons. The van der Waals surface area contributed by atoms with Gasteiger partial charge in [0.2, 0.25) is 0 Å². The van der Waals surface area contributed by atoms with Gasteiger partial charge in [0.1, 0.15) is 0 Å². The molecule has 0 N–H and O–H groups in total. The normalized spacial score (nSPS) is 17.4. The van der Waals surface area contributed by atoms with Gasteiger partial charge in [0.25, 0.3) is 0 Å². The van der Waals surface area contributed by atoms with E-state index in [4.69, 9.17) is 30.3 Å². The summed E-state index contributed by atoms with van der Waals surface area (Å²) in [6, 6.07) is 39.5. The van der Waals surface area contributed by atoms with Crippen molar-refractivity contribution in [2.75, 3.05) is 0 Å². The topological polar surface area (TPSA) is 24.7 Å². The third kappa shape index (κ3) is 8.61. The van der Waals surface area contributed by atoms with Crippen LogP contribution in [-0.2, 0) is 12.9 Å². The van der Waals surface area contributed by atoms with Crippen LogP contribution < -0.4 is 15.9 Å².